The molecule has 2 amide bonds. The minimum absolute atomic E-state index is 0. The first-order chi connectivity index (χ1) is 14.8. The number of anilines is 1. The van der Waals surface area contributed by atoms with E-state index in [1.54, 1.807) is 11.9 Å². The quantitative estimate of drug-likeness (QED) is 0.281. The van der Waals surface area contributed by atoms with Gasteiger partial charge in [-0.15, -0.1) is 24.0 Å². The van der Waals surface area contributed by atoms with E-state index in [0.717, 1.165) is 11.3 Å². The van der Waals surface area contributed by atoms with Crippen molar-refractivity contribution in [2.24, 2.45) is 4.99 Å². The zero-order valence-electron chi connectivity index (χ0n) is 20.8. The second kappa shape index (κ2) is 11.9. The third-order valence-corrected chi connectivity index (χ3v) is 4.93. The molecule has 10 heteroatoms. The number of ether oxygens (including phenoxy) is 2. The summed E-state index contributed by atoms with van der Waals surface area (Å²) in [5, 5.41) is 9.32. The fraction of sp³-hybridized carbons (Fsp3) is 0.609. The van der Waals surface area contributed by atoms with Crippen molar-refractivity contribution in [1.29, 1.82) is 0 Å². The molecule has 1 aliphatic heterocycles. The molecule has 33 heavy (non-hydrogen) atoms. The van der Waals surface area contributed by atoms with Crippen molar-refractivity contribution in [3.05, 3.63) is 29.8 Å². The van der Waals surface area contributed by atoms with Crippen molar-refractivity contribution in [3.8, 4) is 0 Å². The molecule has 0 radical (unpaired) electrons. The number of carbonyl (C=O) groups excluding carboxylic acids is 2. The van der Waals surface area contributed by atoms with Crippen LogP contribution in [0.4, 0.5) is 10.5 Å². The number of nitrogens with one attached hydrogen (secondary N) is 3. The van der Waals surface area contributed by atoms with Crippen molar-refractivity contribution >= 4 is 47.6 Å². The SMILES string of the molecule is CN=C(NCc1cccc(NC(C)=O)c1)NCC1C(C)OC(C)(C)N1C(=O)OC(C)(C)C.I. The fourth-order valence-electron chi connectivity index (χ4n) is 3.69. The Labute approximate surface area is 214 Å². The first-order valence-electron chi connectivity index (χ1n) is 10.8. The number of rotatable bonds is 5. The van der Waals surface area contributed by atoms with E-state index in [9.17, 15) is 9.59 Å². The Morgan fingerprint density at radius 2 is 1.91 bits per heavy atom. The summed E-state index contributed by atoms with van der Waals surface area (Å²) in [7, 11) is 1.69. The number of guanidine groups is 1. The average Bonchev–Trinajstić information content (AvgIpc) is 2.88. The molecule has 1 fully saturated rings. The van der Waals surface area contributed by atoms with Gasteiger partial charge in [-0.25, -0.2) is 4.79 Å². The summed E-state index contributed by atoms with van der Waals surface area (Å²) in [6.07, 6.45) is -0.589. The zero-order valence-corrected chi connectivity index (χ0v) is 23.1. The molecule has 1 aliphatic rings. The summed E-state index contributed by atoms with van der Waals surface area (Å²) in [5.74, 6) is 0.480. The molecule has 0 aliphatic carbocycles. The predicted octanol–water partition coefficient (Wildman–Crippen LogP) is 3.69. The van der Waals surface area contributed by atoms with Gasteiger partial charge in [0.1, 0.15) is 11.3 Å². The Morgan fingerprint density at radius 1 is 1.24 bits per heavy atom. The summed E-state index contributed by atoms with van der Waals surface area (Å²) >= 11 is 0. The third-order valence-electron chi connectivity index (χ3n) is 4.93. The summed E-state index contributed by atoms with van der Waals surface area (Å²) < 4.78 is 11.7. The largest absolute Gasteiger partial charge is 0.444 e. The van der Waals surface area contributed by atoms with E-state index in [1.165, 1.54) is 6.92 Å². The Kier molecular flexibility index (Phi) is 10.4. The van der Waals surface area contributed by atoms with Gasteiger partial charge in [0.25, 0.3) is 0 Å². The molecule has 2 rings (SSSR count). The highest BCUT2D eigenvalue weighted by atomic mass is 127. The van der Waals surface area contributed by atoms with Crippen LogP contribution in [-0.2, 0) is 20.8 Å². The molecule has 0 bridgehead atoms. The Balaban J connectivity index is 0.00000544. The van der Waals surface area contributed by atoms with Gasteiger partial charge in [0.05, 0.1) is 12.1 Å². The minimum atomic E-state index is -0.783. The van der Waals surface area contributed by atoms with Gasteiger partial charge < -0.3 is 25.4 Å². The topological polar surface area (TPSA) is 104 Å². The van der Waals surface area contributed by atoms with E-state index in [1.807, 2.05) is 65.8 Å². The van der Waals surface area contributed by atoms with Crippen LogP contribution in [-0.4, -0.2) is 59.9 Å². The predicted molar refractivity (Wildman–Crippen MR) is 141 cm³/mol. The van der Waals surface area contributed by atoms with Crippen molar-refractivity contribution in [2.45, 2.75) is 78.5 Å². The van der Waals surface area contributed by atoms with Gasteiger partial charge in [-0.3, -0.25) is 14.7 Å². The van der Waals surface area contributed by atoms with Crippen LogP contribution in [0.25, 0.3) is 0 Å². The number of benzene rings is 1. The lowest BCUT2D eigenvalue weighted by Gasteiger charge is -2.35. The second-order valence-electron chi connectivity index (χ2n) is 9.38. The van der Waals surface area contributed by atoms with E-state index >= 15 is 0 Å². The standard InChI is InChI=1S/C23H37N5O4.HI/c1-15-19(28(23(6,7)31-15)21(30)32-22(3,4)5)14-26-20(24-8)25-13-17-10-9-11-18(12-17)27-16(2)29;/h9-12,15,19H,13-14H2,1-8H3,(H,27,29)(H2,24,25,26);1H. The molecular weight excluding hydrogens is 537 g/mol. The number of halogens is 1. The lowest BCUT2D eigenvalue weighted by Crippen LogP contribution is -2.54. The molecular formula is C23H38IN5O4. The van der Waals surface area contributed by atoms with Crippen molar-refractivity contribution < 1.29 is 19.1 Å². The lowest BCUT2D eigenvalue weighted by molar-refractivity contribution is -0.114. The van der Waals surface area contributed by atoms with Crippen LogP contribution < -0.4 is 16.0 Å². The van der Waals surface area contributed by atoms with E-state index in [4.69, 9.17) is 9.47 Å². The summed E-state index contributed by atoms with van der Waals surface area (Å²) in [5.41, 5.74) is 0.357. The van der Waals surface area contributed by atoms with E-state index in [-0.39, 0.29) is 42.0 Å². The smallest absolute Gasteiger partial charge is 0.412 e. The Bertz CT molecular complexity index is 853. The number of amides is 2. The van der Waals surface area contributed by atoms with Crippen molar-refractivity contribution in [3.63, 3.8) is 0 Å². The van der Waals surface area contributed by atoms with Gasteiger partial charge in [0.15, 0.2) is 5.96 Å². The number of aliphatic imine (C=N–C) groups is 1. The van der Waals surface area contributed by atoms with Crippen LogP contribution in [0, 0.1) is 0 Å². The first kappa shape index (κ1) is 29.0. The maximum absolute atomic E-state index is 12.9. The van der Waals surface area contributed by atoms with Gasteiger partial charge in [0.2, 0.25) is 5.91 Å². The molecule has 0 aromatic heterocycles. The number of nitrogens with zero attached hydrogens (tertiary/aromatic N) is 2. The average molecular weight is 575 g/mol. The van der Waals surface area contributed by atoms with Crippen molar-refractivity contribution in [2.75, 3.05) is 18.9 Å². The highest BCUT2D eigenvalue weighted by molar-refractivity contribution is 14.0. The number of hydrogen-bond acceptors (Lipinski definition) is 5. The Hall–Kier alpha value is -2.08. The second-order valence-corrected chi connectivity index (χ2v) is 9.38. The molecule has 186 valence electrons. The summed E-state index contributed by atoms with van der Waals surface area (Å²) in [6.45, 7) is 13.6. The molecule has 0 saturated carbocycles. The highest BCUT2D eigenvalue weighted by Gasteiger charge is 2.49. The van der Waals surface area contributed by atoms with E-state index in [0.29, 0.717) is 19.0 Å². The molecule has 1 aromatic rings. The van der Waals surface area contributed by atoms with Gasteiger partial charge in [-0.1, -0.05) is 12.1 Å². The minimum Gasteiger partial charge on any atom is -0.444 e. The van der Waals surface area contributed by atoms with Crippen LogP contribution in [0.5, 0.6) is 0 Å². The monoisotopic (exact) mass is 575 g/mol. The first-order valence-corrected chi connectivity index (χ1v) is 10.8. The molecule has 0 spiro atoms. The molecule has 1 aromatic carbocycles. The molecule has 3 N–H and O–H groups in total. The maximum Gasteiger partial charge on any atom is 0.412 e. The van der Waals surface area contributed by atoms with Gasteiger partial charge >= 0.3 is 6.09 Å². The Morgan fingerprint density at radius 3 is 2.48 bits per heavy atom. The number of carbonyl (C=O) groups is 2. The molecule has 1 saturated heterocycles. The molecule has 1 heterocycles. The highest BCUT2D eigenvalue weighted by Crippen LogP contribution is 2.33. The summed E-state index contributed by atoms with van der Waals surface area (Å²) in [4.78, 5) is 30.1. The van der Waals surface area contributed by atoms with Crippen LogP contribution in [0.2, 0.25) is 0 Å². The number of hydrogen-bond donors (Lipinski definition) is 3. The van der Waals surface area contributed by atoms with Crippen LogP contribution in [0.1, 0.15) is 54.0 Å². The third kappa shape index (κ3) is 8.65. The normalized spacial score (nSPS) is 20.0. The fourth-order valence-corrected chi connectivity index (χ4v) is 3.69. The van der Waals surface area contributed by atoms with Crippen LogP contribution in [0.3, 0.4) is 0 Å². The van der Waals surface area contributed by atoms with E-state index < -0.39 is 17.4 Å². The van der Waals surface area contributed by atoms with Crippen molar-refractivity contribution in [1.82, 2.24) is 15.5 Å². The van der Waals surface area contributed by atoms with Gasteiger partial charge in [-0.2, -0.15) is 0 Å². The summed E-state index contributed by atoms with van der Waals surface area (Å²) in [6, 6.07) is 7.36. The lowest BCUT2D eigenvalue weighted by atomic mass is 10.1. The van der Waals surface area contributed by atoms with Gasteiger partial charge in [0, 0.05) is 32.7 Å². The molecule has 9 nitrogen and oxygen atoms in total. The van der Waals surface area contributed by atoms with E-state index in [2.05, 4.69) is 20.9 Å². The van der Waals surface area contributed by atoms with Gasteiger partial charge in [-0.05, 0) is 59.2 Å². The maximum atomic E-state index is 12.9. The zero-order chi connectivity index (χ0) is 24.1. The van der Waals surface area contributed by atoms with Crippen LogP contribution in [0.15, 0.2) is 29.3 Å². The van der Waals surface area contributed by atoms with Crippen LogP contribution >= 0.6 is 24.0 Å². The molecule has 2 unspecified atom stereocenters. The molecule has 2 atom stereocenters.